The summed E-state index contributed by atoms with van der Waals surface area (Å²) in [5, 5.41) is 7.61. The third-order valence-corrected chi connectivity index (χ3v) is 5.44. The predicted octanol–water partition coefficient (Wildman–Crippen LogP) is 3.49. The van der Waals surface area contributed by atoms with Gasteiger partial charge in [-0.15, -0.1) is 0 Å². The standard InChI is InChI=1S/C23H26N4O2/c1-26-22(15-21(25-26)17-8-6-12-20(14-17)29-2)23(28)24-16-19-11-7-13-27(19)18-9-4-3-5-10-18/h3-6,8-10,12,14-15,19H,7,11,13,16H2,1-2H3,(H,24,28). The molecule has 0 spiro atoms. The van der Waals surface area contributed by atoms with E-state index < -0.39 is 0 Å². The number of carbonyl (C=O) groups excluding carboxylic acids is 1. The van der Waals surface area contributed by atoms with Crippen LogP contribution in [0.4, 0.5) is 5.69 Å². The molecule has 1 saturated heterocycles. The number of rotatable bonds is 6. The molecular weight excluding hydrogens is 364 g/mol. The number of aryl methyl sites for hydroxylation is 1. The highest BCUT2D eigenvalue weighted by molar-refractivity contribution is 5.93. The van der Waals surface area contributed by atoms with Crippen molar-refractivity contribution in [2.24, 2.45) is 7.05 Å². The minimum Gasteiger partial charge on any atom is -0.497 e. The van der Waals surface area contributed by atoms with E-state index in [0.29, 0.717) is 18.3 Å². The van der Waals surface area contributed by atoms with Crippen LogP contribution in [0.15, 0.2) is 60.7 Å². The molecule has 0 radical (unpaired) electrons. The van der Waals surface area contributed by atoms with Gasteiger partial charge in [0.2, 0.25) is 0 Å². The molecule has 2 heterocycles. The van der Waals surface area contributed by atoms with E-state index in [9.17, 15) is 4.79 Å². The Morgan fingerprint density at radius 3 is 2.79 bits per heavy atom. The number of anilines is 1. The Kier molecular flexibility index (Phi) is 5.51. The smallest absolute Gasteiger partial charge is 0.269 e. The zero-order valence-electron chi connectivity index (χ0n) is 16.8. The molecular formula is C23H26N4O2. The molecule has 2 aromatic carbocycles. The molecule has 1 aromatic heterocycles. The summed E-state index contributed by atoms with van der Waals surface area (Å²) < 4.78 is 6.92. The highest BCUT2D eigenvalue weighted by Gasteiger charge is 2.25. The van der Waals surface area contributed by atoms with E-state index >= 15 is 0 Å². The van der Waals surface area contributed by atoms with E-state index in [1.165, 1.54) is 5.69 Å². The average molecular weight is 390 g/mol. The predicted molar refractivity (Wildman–Crippen MR) is 114 cm³/mol. The van der Waals surface area contributed by atoms with Crippen LogP contribution in [0.3, 0.4) is 0 Å². The lowest BCUT2D eigenvalue weighted by Crippen LogP contribution is -2.40. The summed E-state index contributed by atoms with van der Waals surface area (Å²) in [4.78, 5) is 15.2. The lowest BCUT2D eigenvalue weighted by atomic mass is 10.1. The Hall–Kier alpha value is -3.28. The number of amides is 1. The lowest BCUT2D eigenvalue weighted by molar-refractivity contribution is 0.0942. The van der Waals surface area contributed by atoms with Crippen LogP contribution in [0.25, 0.3) is 11.3 Å². The van der Waals surface area contributed by atoms with Gasteiger partial charge in [0.1, 0.15) is 11.4 Å². The quantitative estimate of drug-likeness (QED) is 0.700. The van der Waals surface area contributed by atoms with Crippen molar-refractivity contribution >= 4 is 11.6 Å². The second kappa shape index (κ2) is 8.39. The third-order valence-electron chi connectivity index (χ3n) is 5.44. The first-order chi connectivity index (χ1) is 14.2. The number of methoxy groups -OCH3 is 1. The van der Waals surface area contributed by atoms with Crippen molar-refractivity contribution < 1.29 is 9.53 Å². The molecule has 29 heavy (non-hydrogen) atoms. The summed E-state index contributed by atoms with van der Waals surface area (Å²) in [6.07, 6.45) is 2.22. The van der Waals surface area contributed by atoms with Gasteiger partial charge in [0, 0.05) is 37.4 Å². The van der Waals surface area contributed by atoms with Crippen LogP contribution in [-0.2, 0) is 7.05 Å². The number of benzene rings is 2. The molecule has 3 aromatic rings. The Labute approximate surface area is 171 Å². The molecule has 1 unspecified atom stereocenters. The minimum absolute atomic E-state index is 0.103. The van der Waals surface area contributed by atoms with Gasteiger partial charge in [-0.05, 0) is 43.2 Å². The van der Waals surface area contributed by atoms with Crippen LogP contribution >= 0.6 is 0 Å². The van der Waals surface area contributed by atoms with Crippen molar-refractivity contribution in [1.29, 1.82) is 0 Å². The van der Waals surface area contributed by atoms with Crippen LogP contribution < -0.4 is 15.0 Å². The molecule has 1 aliphatic heterocycles. The Morgan fingerprint density at radius 2 is 2.00 bits per heavy atom. The molecule has 1 N–H and O–H groups in total. The number of ether oxygens (including phenoxy) is 1. The molecule has 150 valence electrons. The van der Waals surface area contributed by atoms with Gasteiger partial charge >= 0.3 is 0 Å². The van der Waals surface area contributed by atoms with Crippen LogP contribution in [0.1, 0.15) is 23.3 Å². The van der Waals surface area contributed by atoms with Gasteiger partial charge in [0.05, 0.1) is 12.8 Å². The van der Waals surface area contributed by atoms with Gasteiger partial charge in [-0.2, -0.15) is 5.10 Å². The van der Waals surface area contributed by atoms with E-state index in [2.05, 4.69) is 39.6 Å². The van der Waals surface area contributed by atoms with Crippen molar-refractivity contribution in [3.05, 3.63) is 66.4 Å². The fourth-order valence-electron chi connectivity index (χ4n) is 3.91. The average Bonchev–Trinajstić information content (AvgIpc) is 3.39. The maximum Gasteiger partial charge on any atom is 0.269 e. The van der Waals surface area contributed by atoms with Gasteiger partial charge in [-0.1, -0.05) is 30.3 Å². The maximum absolute atomic E-state index is 12.8. The van der Waals surface area contributed by atoms with Crippen LogP contribution in [0, 0.1) is 0 Å². The van der Waals surface area contributed by atoms with Gasteiger partial charge in [-0.25, -0.2) is 0 Å². The summed E-state index contributed by atoms with van der Waals surface area (Å²) >= 11 is 0. The highest BCUT2D eigenvalue weighted by atomic mass is 16.5. The molecule has 6 nitrogen and oxygen atoms in total. The number of hydrogen-bond acceptors (Lipinski definition) is 4. The van der Waals surface area contributed by atoms with Crippen LogP contribution in [-0.4, -0.2) is 41.9 Å². The fraction of sp³-hybridized carbons (Fsp3) is 0.304. The molecule has 0 aliphatic carbocycles. The number of aromatic nitrogens is 2. The van der Waals surface area contributed by atoms with Crippen molar-refractivity contribution in [1.82, 2.24) is 15.1 Å². The summed E-state index contributed by atoms with van der Waals surface area (Å²) in [5.41, 5.74) is 3.44. The maximum atomic E-state index is 12.8. The first-order valence-corrected chi connectivity index (χ1v) is 9.94. The summed E-state index contributed by atoms with van der Waals surface area (Å²) in [6.45, 7) is 1.64. The zero-order chi connectivity index (χ0) is 20.2. The number of carbonyl (C=O) groups is 1. The van der Waals surface area contributed by atoms with Crippen molar-refractivity contribution in [3.8, 4) is 17.0 Å². The molecule has 6 heteroatoms. The van der Waals surface area contributed by atoms with Crippen molar-refractivity contribution in [2.75, 3.05) is 25.1 Å². The van der Waals surface area contributed by atoms with E-state index in [1.807, 2.05) is 36.4 Å². The van der Waals surface area contributed by atoms with Gasteiger partial charge < -0.3 is 15.0 Å². The molecule has 1 amide bonds. The Bertz CT molecular complexity index is 984. The monoisotopic (exact) mass is 390 g/mol. The molecule has 4 rings (SSSR count). The summed E-state index contributed by atoms with van der Waals surface area (Å²) in [5.74, 6) is 0.662. The fourth-order valence-corrected chi connectivity index (χ4v) is 3.91. The molecule has 1 fully saturated rings. The Balaban J connectivity index is 1.44. The first kappa shape index (κ1) is 19.1. The number of nitrogens with one attached hydrogen (secondary N) is 1. The van der Waals surface area contributed by atoms with Crippen LogP contribution in [0.2, 0.25) is 0 Å². The number of para-hydroxylation sites is 1. The van der Waals surface area contributed by atoms with Crippen molar-refractivity contribution in [2.45, 2.75) is 18.9 Å². The van der Waals surface area contributed by atoms with E-state index in [4.69, 9.17) is 4.74 Å². The zero-order valence-corrected chi connectivity index (χ0v) is 16.8. The van der Waals surface area contributed by atoms with Gasteiger partial charge in [0.15, 0.2) is 0 Å². The molecule has 0 saturated carbocycles. The molecule has 0 bridgehead atoms. The topological polar surface area (TPSA) is 59.4 Å². The number of hydrogen-bond donors (Lipinski definition) is 1. The number of nitrogens with zero attached hydrogens (tertiary/aromatic N) is 3. The Morgan fingerprint density at radius 1 is 1.17 bits per heavy atom. The normalized spacial score (nSPS) is 16.1. The second-order valence-electron chi connectivity index (χ2n) is 7.31. The van der Waals surface area contributed by atoms with E-state index in [0.717, 1.165) is 36.4 Å². The SMILES string of the molecule is COc1cccc(-c2cc(C(=O)NCC3CCCN3c3ccccc3)n(C)n2)c1. The highest BCUT2D eigenvalue weighted by Crippen LogP contribution is 2.25. The second-order valence-corrected chi connectivity index (χ2v) is 7.31. The first-order valence-electron chi connectivity index (χ1n) is 9.94. The molecule has 1 atom stereocenters. The summed E-state index contributed by atoms with van der Waals surface area (Å²) in [6, 6.07) is 20.2. The van der Waals surface area contributed by atoms with E-state index in [1.54, 1.807) is 18.8 Å². The van der Waals surface area contributed by atoms with Crippen LogP contribution in [0.5, 0.6) is 5.75 Å². The lowest BCUT2D eigenvalue weighted by Gasteiger charge is -2.27. The largest absolute Gasteiger partial charge is 0.497 e. The van der Waals surface area contributed by atoms with Gasteiger partial charge in [-0.3, -0.25) is 9.48 Å². The third kappa shape index (κ3) is 4.11. The molecule has 1 aliphatic rings. The van der Waals surface area contributed by atoms with Gasteiger partial charge in [0.25, 0.3) is 5.91 Å². The minimum atomic E-state index is -0.103. The van der Waals surface area contributed by atoms with E-state index in [-0.39, 0.29) is 5.91 Å². The summed E-state index contributed by atoms with van der Waals surface area (Å²) in [7, 11) is 3.43. The van der Waals surface area contributed by atoms with Crippen molar-refractivity contribution in [3.63, 3.8) is 0 Å².